The van der Waals surface area contributed by atoms with Gasteiger partial charge in [-0.05, 0) is 66.9 Å². The van der Waals surface area contributed by atoms with Gasteiger partial charge in [-0.25, -0.2) is 14.1 Å². The van der Waals surface area contributed by atoms with E-state index >= 15 is 0 Å². The van der Waals surface area contributed by atoms with Gasteiger partial charge in [-0.2, -0.15) is 0 Å². The van der Waals surface area contributed by atoms with E-state index in [4.69, 9.17) is 4.74 Å². The minimum absolute atomic E-state index is 0.0289. The number of imide groups is 2. The first-order chi connectivity index (χ1) is 15.8. The van der Waals surface area contributed by atoms with Crippen molar-refractivity contribution in [1.82, 2.24) is 5.32 Å². The highest BCUT2D eigenvalue weighted by atomic mass is 19.1. The number of aryl methyl sites for hydroxylation is 2. The Labute approximate surface area is 190 Å². The second kappa shape index (κ2) is 9.08. The van der Waals surface area contributed by atoms with Crippen LogP contribution in [0.3, 0.4) is 0 Å². The number of rotatable bonds is 5. The van der Waals surface area contributed by atoms with Gasteiger partial charge < -0.3 is 4.74 Å². The maximum atomic E-state index is 13.8. The van der Waals surface area contributed by atoms with Crippen molar-refractivity contribution >= 4 is 29.6 Å². The molecule has 1 aliphatic rings. The number of carbonyl (C=O) groups excluding carboxylic acids is 3. The third-order valence-electron chi connectivity index (χ3n) is 5.37. The summed E-state index contributed by atoms with van der Waals surface area (Å²) in [6.45, 7) is 3.83. The number of halogens is 1. The van der Waals surface area contributed by atoms with Crippen LogP contribution in [0.5, 0.6) is 5.75 Å². The summed E-state index contributed by atoms with van der Waals surface area (Å²) in [6.07, 6.45) is 1.40. The first-order valence-electron chi connectivity index (χ1n) is 10.3. The highest BCUT2D eigenvalue weighted by Gasteiger charge is 2.36. The number of ether oxygens (including phenoxy) is 1. The van der Waals surface area contributed by atoms with Gasteiger partial charge in [0.2, 0.25) is 0 Å². The zero-order valence-electron chi connectivity index (χ0n) is 18.1. The minimum atomic E-state index is -0.799. The second-order valence-electron chi connectivity index (χ2n) is 7.68. The molecular weight excluding hydrogens is 423 g/mol. The quantitative estimate of drug-likeness (QED) is 0.458. The third-order valence-corrected chi connectivity index (χ3v) is 5.37. The molecule has 1 aliphatic heterocycles. The van der Waals surface area contributed by atoms with E-state index in [-0.39, 0.29) is 18.0 Å². The number of amides is 4. The lowest BCUT2D eigenvalue weighted by molar-refractivity contribution is -0.122. The number of hydrogen-bond donors (Lipinski definition) is 1. The average molecular weight is 444 g/mol. The Morgan fingerprint density at radius 3 is 2.48 bits per heavy atom. The van der Waals surface area contributed by atoms with Crippen molar-refractivity contribution < 1.29 is 23.5 Å². The van der Waals surface area contributed by atoms with E-state index < -0.39 is 17.8 Å². The van der Waals surface area contributed by atoms with Crippen LogP contribution >= 0.6 is 0 Å². The van der Waals surface area contributed by atoms with E-state index in [1.54, 1.807) is 60.7 Å². The van der Waals surface area contributed by atoms with Gasteiger partial charge in [0.1, 0.15) is 23.7 Å². The Balaban J connectivity index is 1.59. The largest absolute Gasteiger partial charge is 0.489 e. The van der Waals surface area contributed by atoms with E-state index in [9.17, 15) is 18.8 Å². The summed E-state index contributed by atoms with van der Waals surface area (Å²) in [4.78, 5) is 38.9. The van der Waals surface area contributed by atoms with E-state index in [1.165, 1.54) is 12.1 Å². The highest BCUT2D eigenvalue weighted by molar-refractivity contribution is 6.39. The van der Waals surface area contributed by atoms with Crippen molar-refractivity contribution in [2.75, 3.05) is 4.90 Å². The number of carbonyl (C=O) groups is 3. The van der Waals surface area contributed by atoms with E-state index in [1.807, 2.05) is 13.8 Å². The normalized spacial score (nSPS) is 15.1. The Morgan fingerprint density at radius 2 is 1.73 bits per heavy atom. The molecule has 33 heavy (non-hydrogen) atoms. The van der Waals surface area contributed by atoms with Crippen molar-refractivity contribution in [3.63, 3.8) is 0 Å². The molecule has 0 unspecified atom stereocenters. The molecule has 0 bridgehead atoms. The number of anilines is 1. The van der Waals surface area contributed by atoms with Gasteiger partial charge in [0.15, 0.2) is 0 Å². The van der Waals surface area contributed by atoms with Gasteiger partial charge in [-0.15, -0.1) is 0 Å². The molecule has 0 aliphatic carbocycles. The fourth-order valence-corrected chi connectivity index (χ4v) is 3.39. The Morgan fingerprint density at radius 1 is 0.939 bits per heavy atom. The first kappa shape index (κ1) is 22.0. The molecule has 0 radical (unpaired) electrons. The number of barbiturate groups is 1. The SMILES string of the molecule is Cc1ccc(N2C(=O)NC(=O)/C(=C/c3cccc(OCc4ccccc4F)c3)C2=O)cc1C. The first-order valence-corrected chi connectivity index (χ1v) is 10.3. The van der Waals surface area contributed by atoms with Crippen LogP contribution in [0.15, 0.2) is 72.3 Å². The minimum Gasteiger partial charge on any atom is -0.489 e. The molecule has 1 N–H and O–H groups in total. The van der Waals surface area contributed by atoms with E-state index in [2.05, 4.69) is 5.32 Å². The van der Waals surface area contributed by atoms with Crippen LogP contribution in [0.4, 0.5) is 14.9 Å². The lowest BCUT2D eigenvalue weighted by Crippen LogP contribution is -2.54. The van der Waals surface area contributed by atoms with Crippen LogP contribution in [0.1, 0.15) is 22.3 Å². The zero-order chi connectivity index (χ0) is 23.5. The molecular formula is C26H21FN2O4. The molecule has 0 spiro atoms. The number of hydrogen-bond acceptors (Lipinski definition) is 4. The monoisotopic (exact) mass is 444 g/mol. The van der Waals surface area contributed by atoms with Crippen molar-refractivity contribution in [3.8, 4) is 5.75 Å². The van der Waals surface area contributed by atoms with Crippen LogP contribution in [0.2, 0.25) is 0 Å². The summed E-state index contributed by atoms with van der Waals surface area (Å²) in [5, 5.41) is 2.22. The fraction of sp³-hybridized carbons (Fsp3) is 0.115. The van der Waals surface area contributed by atoms with Crippen molar-refractivity contribution in [3.05, 3.63) is 100 Å². The lowest BCUT2D eigenvalue weighted by atomic mass is 10.0. The van der Waals surface area contributed by atoms with Gasteiger partial charge >= 0.3 is 6.03 Å². The summed E-state index contributed by atoms with van der Waals surface area (Å²) in [5.41, 5.74) is 3.05. The Kier molecular flexibility index (Phi) is 6.04. The van der Waals surface area contributed by atoms with E-state index in [0.29, 0.717) is 22.6 Å². The predicted octanol–water partition coefficient (Wildman–Crippen LogP) is 4.69. The predicted molar refractivity (Wildman–Crippen MR) is 122 cm³/mol. The van der Waals surface area contributed by atoms with Gasteiger partial charge in [0.05, 0.1) is 5.69 Å². The molecule has 3 aromatic rings. The lowest BCUT2D eigenvalue weighted by Gasteiger charge is -2.26. The maximum Gasteiger partial charge on any atom is 0.335 e. The van der Waals surface area contributed by atoms with Gasteiger partial charge in [-0.3, -0.25) is 14.9 Å². The summed E-state index contributed by atoms with van der Waals surface area (Å²) < 4.78 is 19.5. The number of benzene rings is 3. The number of urea groups is 1. The van der Waals surface area contributed by atoms with Crippen molar-refractivity contribution in [2.24, 2.45) is 0 Å². The maximum absolute atomic E-state index is 13.8. The third kappa shape index (κ3) is 4.67. The van der Waals surface area contributed by atoms with Crippen LogP contribution in [-0.4, -0.2) is 17.8 Å². The molecule has 1 fully saturated rings. The molecule has 0 aromatic heterocycles. The molecule has 1 heterocycles. The summed E-state index contributed by atoms with van der Waals surface area (Å²) in [7, 11) is 0. The average Bonchev–Trinajstić information content (AvgIpc) is 2.78. The Bertz CT molecular complexity index is 1300. The summed E-state index contributed by atoms with van der Waals surface area (Å²) in [5.74, 6) is -1.41. The summed E-state index contributed by atoms with van der Waals surface area (Å²) >= 11 is 0. The Hall–Kier alpha value is -4.26. The molecule has 6 nitrogen and oxygen atoms in total. The molecule has 4 amide bonds. The van der Waals surface area contributed by atoms with Crippen LogP contribution in [0.25, 0.3) is 6.08 Å². The molecule has 4 rings (SSSR count). The number of nitrogens with one attached hydrogen (secondary N) is 1. The topological polar surface area (TPSA) is 75.7 Å². The van der Waals surface area contributed by atoms with Crippen molar-refractivity contribution in [2.45, 2.75) is 20.5 Å². The van der Waals surface area contributed by atoms with Crippen LogP contribution in [0, 0.1) is 19.7 Å². The summed E-state index contributed by atoms with van der Waals surface area (Å²) in [6, 6.07) is 17.4. The van der Waals surface area contributed by atoms with Gasteiger partial charge in [-0.1, -0.05) is 36.4 Å². The smallest absolute Gasteiger partial charge is 0.335 e. The van der Waals surface area contributed by atoms with Gasteiger partial charge in [0.25, 0.3) is 11.8 Å². The van der Waals surface area contributed by atoms with Crippen LogP contribution < -0.4 is 15.0 Å². The fourth-order valence-electron chi connectivity index (χ4n) is 3.39. The van der Waals surface area contributed by atoms with Gasteiger partial charge in [0, 0.05) is 5.56 Å². The molecule has 0 saturated carbocycles. The molecule has 3 aromatic carbocycles. The zero-order valence-corrected chi connectivity index (χ0v) is 18.1. The number of nitrogens with zero attached hydrogens (tertiary/aromatic N) is 1. The molecule has 166 valence electrons. The highest BCUT2D eigenvalue weighted by Crippen LogP contribution is 2.25. The van der Waals surface area contributed by atoms with Crippen molar-refractivity contribution in [1.29, 1.82) is 0 Å². The standard InChI is InChI=1S/C26H21FN2O4/c1-16-10-11-20(12-17(16)2)29-25(31)22(24(30)28-26(29)32)14-18-6-5-8-21(13-18)33-15-19-7-3-4-9-23(19)27/h3-14H,15H2,1-2H3,(H,28,30,32)/b22-14-. The van der Waals surface area contributed by atoms with E-state index in [0.717, 1.165) is 16.0 Å². The molecule has 1 saturated heterocycles. The molecule has 0 atom stereocenters. The second-order valence-corrected chi connectivity index (χ2v) is 7.68. The molecule has 7 heteroatoms. The van der Waals surface area contributed by atoms with Crippen LogP contribution in [-0.2, 0) is 16.2 Å².